The van der Waals surface area contributed by atoms with Crippen molar-refractivity contribution in [3.63, 3.8) is 0 Å². The van der Waals surface area contributed by atoms with Gasteiger partial charge in [-0.1, -0.05) is 0 Å². The van der Waals surface area contributed by atoms with Crippen LogP contribution in [0.25, 0.3) is 0 Å². The molecule has 0 atom stereocenters. The van der Waals surface area contributed by atoms with Crippen LogP contribution in [0.15, 0.2) is 0 Å². The molecule has 0 spiro atoms. The Bertz CT molecular complexity index is 177. The van der Waals surface area contributed by atoms with Crippen molar-refractivity contribution >= 4 is 28.3 Å². The average molecular weight is 158 g/mol. The minimum Gasteiger partial charge on any atom is -0.468 e. The topological polar surface area (TPSA) is 80.7 Å². The Labute approximate surface area is 51.0 Å². The van der Waals surface area contributed by atoms with Crippen LogP contribution in [0.2, 0.25) is 0 Å². The van der Waals surface area contributed by atoms with E-state index in [1.807, 2.05) is 0 Å². The van der Waals surface area contributed by atoms with Crippen LogP contribution < -0.4 is 0 Å². The fourth-order valence-corrected chi connectivity index (χ4v) is 0.287. The summed E-state index contributed by atoms with van der Waals surface area (Å²) in [5.74, 6) is 0. The summed E-state index contributed by atoms with van der Waals surface area (Å²) in [6, 6.07) is 0. The van der Waals surface area contributed by atoms with Crippen LogP contribution >= 0.6 is 12.9 Å². The van der Waals surface area contributed by atoms with Gasteiger partial charge >= 0.3 is 15.4 Å². The first-order valence-electron chi connectivity index (χ1n) is 1.31. The van der Waals surface area contributed by atoms with Gasteiger partial charge in [0.25, 0.3) is 0 Å². The van der Waals surface area contributed by atoms with Gasteiger partial charge in [-0.2, -0.15) is 12.0 Å². The van der Waals surface area contributed by atoms with Gasteiger partial charge in [-0.15, -0.1) is 0 Å². The highest BCUT2D eigenvalue weighted by Crippen LogP contribution is 1.95. The van der Waals surface area contributed by atoms with Gasteiger partial charge in [0.1, 0.15) is 0 Å². The summed E-state index contributed by atoms with van der Waals surface area (Å²) in [7, 11) is -4.46. The predicted octanol–water partition coefficient (Wildman–Crippen LogP) is -0.144. The average Bonchev–Trinajstić information content (AvgIpc) is 1.67. The van der Waals surface area contributed by atoms with Gasteiger partial charge in [-0.25, -0.2) is 4.79 Å². The first-order chi connectivity index (χ1) is 3.50. The van der Waals surface area contributed by atoms with Crippen LogP contribution in [0.5, 0.6) is 0 Å². The highest BCUT2D eigenvalue weighted by Gasteiger charge is 2.19. The third kappa shape index (κ3) is 1.68. The molecule has 48 valence electrons. The standard InChI is InChI=1S/CH2O5S2/c2-1(3)8(4,5)6-7/h7H,(H,2,3). The molecular formula is CH2O5S2. The Morgan fingerprint density at radius 3 is 2.00 bits per heavy atom. The summed E-state index contributed by atoms with van der Waals surface area (Å²) >= 11 is 2.77. The van der Waals surface area contributed by atoms with E-state index in [9.17, 15) is 13.2 Å². The molecule has 0 unspecified atom stereocenters. The number of hydrogen-bond donors (Lipinski definition) is 2. The smallest absolute Gasteiger partial charge is 0.450 e. The van der Waals surface area contributed by atoms with E-state index in [1.165, 1.54) is 0 Å². The molecule has 5 nitrogen and oxygen atoms in total. The van der Waals surface area contributed by atoms with Crippen molar-refractivity contribution in [3.8, 4) is 0 Å². The summed E-state index contributed by atoms with van der Waals surface area (Å²) in [5, 5.41) is 5.63. The second kappa shape index (κ2) is 2.33. The van der Waals surface area contributed by atoms with Gasteiger partial charge < -0.3 is 5.11 Å². The first kappa shape index (κ1) is 7.73. The molecule has 0 fully saturated rings. The molecule has 8 heavy (non-hydrogen) atoms. The van der Waals surface area contributed by atoms with Crippen LogP contribution in [-0.2, 0) is 13.7 Å². The van der Waals surface area contributed by atoms with Gasteiger partial charge in [0, 0.05) is 0 Å². The molecule has 0 aliphatic carbocycles. The van der Waals surface area contributed by atoms with E-state index < -0.39 is 15.4 Å². The lowest BCUT2D eigenvalue weighted by Gasteiger charge is -1.86. The van der Waals surface area contributed by atoms with E-state index in [-0.39, 0.29) is 0 Å². The summed E-state index contributed by atoms with van der Waals surface area (Å²) < 4.78 is 22.9. The summed E-state index contributed by atoms with van der Waals surface area (Å²) in [6.45, 7) is 0. The minimum absolute atomic E-state index is 2.05. The van der Waals surface area contributed by atoms with Crippen molar-refractivity contribution in [2.75, 3.05) is 0 Å². The fraction of sp³-hybridized carbons (Fsp3) is 0. The molecule has 1 N–H and O–H groups in total. The number of rotatable bonds is 1. The van der Waals surface area contributed by atoms with Crippen LogP contribution in [0, 0.1) is 0 Å². The number of thiol groups is 1. The third-order valence-electron chi connectivity index (χ3n) is 0.312. The molecule has 0 rings (SSSR count). The monoisotopic (exact) mass is 158 g/mol. The van der Waals surface area contributed by atoms with Crippen molar-refractivity contribution in [2.24, 2.45) is 0 Å². The van der Waals surface area contributed by atoms with E-state index in [4.69, 9.17) is 5.11 Å². The molecule has 0 aliphatic rings. The molecular weight excluding hydrogens is 156 g/mol. The van der Waals surface area contributed by atoms with Gasteiger partial charge in [-0.3, -0.25) is 0 Å². The van der Waals surface area contributed by atoms with Crippen molar-refractivity contribution in [2.45, 2.75) is 0 Å². The number of hydrogen-bond acceptors (Lipinski definition) is 5. The first-order valence-corrected chi connectivity index (χ1v) is 3.09. The Morgan fingerprint density at radius 2 is 2.00 bits per heavy atom. The number of carboxylic acid groups (broad SMARTS) is 1. The lowest BCUT2D eigenvalue weighted by Crippen LogP contribution is -2.10. The molecule has 0 bridgehead atoms. The molecule has 0 saturated heterocycles. The van der Waals surface area contributed by atoms with Gasteiger partial charge in [-0.05, 0) is 12.9 Å². The van der Waals surface area contributed by atoms with Crippen molar-refractivity contribution < 1.29 is 21.9 Å². The van der Waals surface area contributed by atoms with Gasteiger partial charge in [0.05, 0.1) is 0 Å². The van der Waals surface area contributed by atoms with Gasteiger partial charge in [0.15, 0.2) is 0 Å². The molecule has 0 heterocycles. The maximum atomic E-state index is 9.80. The van der Waals surface area contributed by atoms with Crippen molar-refractivity contribution in [3.05, 3.63) is 0 Å². The van der Waals surface area contributed by atoms with Gasteiger partial charge in [0.2, 0.25) is 0 Å². The molecule has 0 aromatic rings. The second-order valence-corrected chi connectivity index (χ2v) is 2.65. The molecule has 0 aromatic heterocycles. The van der Waals surface area contributed by atoms with Crippen molar-refractivity contribution in [1.82, 2.24) is 0 Å². The van der Waals surface area contributed by atoms with Crippen LogP contribution in [0.1, 0.15) is 0 Å². The predicted molar refractivity (Wildman–Crippen MR) is 27.0 cm³/mol. The van der Waals surface area contributed by atoms with Crippen LogP contribution in [0.3, 0.4) is 0 Å². The van der Waals surface area contributed by atoms with Crippen LogP contribution in [-0.4, -0.2) is 18.8 Å². The zero-order valence-corrected chi connectivity index (χ0v) is 5.15. The fourth-order valence-electron chi connectivity index (χ4n) is 0.0319. The highest BCUT2D eigenvalue weighted by atomic mass is 32.3. The SMILES string of the molecule is O=C(O)S(=O)(=O)OS. The third-order valence-corrected chi connectivity index (χ3v) is 1.52. The molecule has 0 aliphatic heterocycles. The van der Waals surface area contributed by atoms with Crippen LogP contribution in [0.4, 0.5) is 4.79 Å². The second-order valence-electron chi connectivity index (χ2n) is 0.795. The minimum atomic E-state index is -4.46. The Kier molecular flexibility index (Phi) is 2.26. The van der Waals surface area contributed by atoms with E-state index in [0.717, 1.165) is 0 Å². The Balaban J connectivity index is 4.42. The van der Waals surface area contributed by atoms with Crippen molar-refractivity contribution in [1.29, 1.82) is 0 Å². The summed E-state index contributed by atoms with van der Waals surface area (Å²) in [4.78, 5) is 9.49. The molecule has 0 saturated carbocycles. The van der Waals surface area contributed by atoms with E-state index >= 15 is 0 Å². The number of carbonyl (C=O) groups is 1. The maximum absolute atomic E-state index is 9.80. The molecule has 0 aromatic carbocycles. The largest absolute Gasteiger partial charge is 0.468 e. The summed E-state index contributed by atoms with van der Waals surface area (Å²) in [6.07, 6.45) is 0. The quantitative estimate of drug-likeness (QED) is 0.410. The normalized spacial score (nSPS) is 11.1. The highest BCUT2D eigenvalue weighted by molar-refractivity contribution is 8.06. The molecule has 0 amide bonds. The van der Waals surface area contributed by atoms with E-state index in [1.54, 1.807) is 0 Å². The lowest BCUT2D eigenvalue weighted by molar-refractivity contribution is 0.217. The zero-order chi connectivity index (χ0) is 6.78. The van der Waals surface area contributed by atoms with E-state index in [2.05, 4.69) is 16.5 Å². The lowest BCUT2D eigenvalue weighted by atomic mass is 11.6. The summed E-state index contributed by atoms with van der Waals surface area (Å²) in [5.41, 5.74) is 0. The Morgan fingerprint density at radius 1 is 1.62 bits per heavy atom. The molecule has 7 heteroatoms. The Hall–Kier alpha value is -0.270. The molecule has 0 radical (unpaired) electrons. The zero-order valence-electron chi connectivity index (χ0n) is 3.44. The maximum Gasteiger partial charge on any atom is 0.450 e. The van der Waals surface area contributed by atoms with E-state index in [0.29, 0.717) is 0 Å².